The lowest BCUT2D eigenvalue weighted by Crippen LogP contribution is -2.32. The van der Waals surface area contributed by atoms with Gasteiger partial charge in [0.2, 0.25) is 0 Å². The Labute approximate surface area is 126 Å². The number of H-pyrrole nitrogens is 1. The lowest BCUT2D eigenvalue weighted by atomic mass is 10.3. The van der Waals surface area contributed by atoms with E-state index in [4.69, 9.17) is 17.0 Å². The lowest BCUT2D eigenvalue weighted by Gasteiger charge is -2.00. The summed E-state index contributed by atoms with van der Waals surface area (Å²) in [6.07, 6.45) is 0. The molecule has 0 aliphatic rings. The number of methoxy groups -OCH3 is 1. The molecule has 7 nitrogen and oxygen atoms in total. The second-order valence-electron chi connectivity index (χ2n) is 4.18. The van der Waals surface area contributed by atoms with E-state index < -0.39 is 0 Å². The number of benzene rings is 1. The normalized spacial score (nSPS) is 10.8. The third-order valence-electron chi connectivity index (χ3n) is 2.80. The molecule has 0 saturated heterocycles. The zero-order valence-corrected chi connectivity index (χ0v) is 12.7. The Hall–Kier alpha value is -2.48. The Bertz CT molecular complexity index is 730. The molecule has 8 heteroatoms. The van der Waals surface area contributed by atoms with Crippen LogP contribution in [0, 0.1) is 6.92 Å². The van der Waals surface area contributed by atoms with Crippen molar-refractivity contribution in [2.24, 2.45) is 10.2 Å². The van der Waals surface area contributed by atoms with Crippen molar-refractivity contribution in [2.75, 3.05) is 14.2 Å². The molecular formula is C13H15N5O2S. The van der Waals surface area contributed by atoms with Gasteiger partial charge in [0.15, 0.2) is 10.8 Å². The first kappa shape index (κ1) is 14.9. The smallest absolute Gasteiger partial charge is 0.301 e. The van der Waals surface area contributed by atoms with E-state index >= 15 is 0 Å². The van der Waals surface area contributed by atoms with Crippen LogP contribution in [0.1, 0.15) is 5.69 Å². The number of nitrogens with zero attached hydrogens (tertiary/aromatic N) is 3. The number of aromatic nitrogens is 2. The zero-order valence-electron chi connectivity index (χ0n) is 11.9. The number of azo groups is 1. The Morgan fingerprint density at radius 2 is 2.00 bits per heavy atom. The fourth-order valence-corrected chi connectivity index (χ4v) is 1.80. The van der Waals surface area contributed by atoms with Gasteiger partial charge < -0.3 is 10.1 Å². The van der Waals surface area contributed by atoms with Gasteiger partial charge in [0, 0.05) is 7.05 Å². The minimum Gasteiger partial charge on any atom is -0.497 e. The van der Waals surface area contributed by atoms with E-state index in [0.29, 0.717) is 11.4 Å². The van der Waals surface area contributed by atoms with E-state index in [1.165, 1.54) is 4.68 Å². The molecule has 0 amide bonds. The number of rotatable bonds is 3. The summed E-state index contributed by atoms with van der Waals surface area (Å²) in [6.45, 7) is 1.73. The first-order chi connectivity index (χ1) is 10.1. The Morgan fingerprint density at radius 1 is 1.33 bits per heavy atom. The second kappa shape index (κ2) is 6.31. The maximum absolute atomic E-state index is 12.1. The van der Waals surface area contributed by atoms with Crippen molar-refractivity contribution in [3.05, 3.63) is 40.3 Å². The number of ether oxygens (including phenoxy) is 1. The molecule has 0 atom stereocenters. The van der Waals surface area contributed by atoms with Crippen molar-refractivity contribution < 1.29 is 4.74 Å². The minimum atomic E-state index is -0.343. The van der Waals surface area contributed by atoms with Gasteiger partial charge in [-0.15, -0.1) is 5.11 Å². The van der Waals surface area contributed by atoms with Gasteiger partial charge >= 0.3 is 5.56 Å². The van der Waals surface area contributed by atoms with Crippen LogP contribution in [0.15, 0.2) is 39.3 Å². The van der Waals surface area contributed by atoms with Crippen LogP contribution in [0.4, 0.5) is 11.4 Å². The molecule has 0 aliphatic carbocycles. The highest BCUT2D eigenvalue weighted by molar-refractivity contribution is 7.80. The van der Waals surface area contributed by atoms with Crippen LogP contribution in [0.2, 0.25) is 0 Å². The van der Waals surface area contributed by atoms with Crippen molar-refractivity contribution in [3.8, 4) is 5.75 Å². The Morgan fingerprint density at radius 3 is 2.57 bits per heavy atom. The van der Waals surface area contributed by atoms with Crippen LogP contribution < -0.4 is 15.6 Å². The maximum Gasteiger partial charge on any atom is 0.301 e. The third kappa shape index (κ3) is 3.16. The van der Waals surface area contributed by atoms with Crippen LogP contribution in [0.3, 0.4) is 0 Å². The minimum absolute atomic E-state index is 0.225. The lowest BCUT2D eigenvalue weighted by molar-refractivity contribution is 0.415. The van der Waals surface area contributed by atoms with Gasteiger partial charge in [-0.2, -0.15) is 9.80 Å². The largest absolute Gasteiger partial charge is 0.497 e. The average Bonchev–Trinajstić information content (AvgIpc) is 2.79. The Balaban J connectivity index is 2.30. The average molecular weight is 305 g/mol. The quantitative estimate of drug-likeness (QED) is 0.673. The van der Waals surface area contributed by atoms with Gasteiger partial charge in [-0.05, 0) is 43.4 Å². The van der Waals surface area contributed by atoms with Crippen LogP contribution in [-0.4, -0.2) is 29.1 Å². The summed E-state index contributed by atoms with van der Waals surface area (Å²) >= 11 is 5.02. The van der Waals surface area contributed by atoms with Crippen LogP contribution in [0.5, 0.6) is 5.75 Å². The first-order valence-electron chi connectivity index (χ1n) is 6.16. The molecule has 2 aromatic rings. The molecule has 21 heavy (non-hydrogen) atoms. The van der Waals surface area contributed by atoms with Gasteiger partial charge in [0.25, 0.3) is 0 Å². The molecule has 110 valence electrons. The van der Waals surface area contributed by atoms with Gasteiger partial charge in [0.1, 0.15) is 5.75 Å². The molecule has 2 N–H and O–H groups in total. The van der Waals surface area contributed by atoms with Crippen molar-refractivity contribution in [1.29, 1.82) is 0 Å². The maximum atomic E-state index is 12.1. The summed E-state index contributed by atoms with van der Waals surface area (Å²) in [7, 11) is 3.23. The number of hydrogen-bond acceptors (Lipinski definition) is 5. The predicted octanol–water partition coefficient (Wildman–Crippen LogP) is 2.26. The predicted molar refractivity (Wildman–Crippen MR) is 84.0 cm³/mol. The standard InChI is InChI=1S/C13H15N5O2S/c1-8-11(12(19)18(17-8)13(21)14-2)16-15-9-4-6-10(20-3)7-5-9/h4-7,17H,1-3H3,(H,14,21). The number of thiocarbonyl (C=S) groups is 1. The molecule has 0 saturated carbocycles. The summed E-state index contributed by atoms with van der Waals surface area (Å²) in [6, 6.07) is 7.04. The molecular weight excluding hydrogens is 290 g/mol. The van der Waals surface area contributed by atoms with Crippen molar-refractivity contribution in [2.45, 2.75) is 6.92 Å². The van der Waals surface area contributed by atoms with Gasteiger partial charge in [-0.1, -0.05) is 0 Å². The molecule has 1 heterocycles. The van der Waals surface area contributed by atoms with E-state index in [-0.39, 0.29) is 16.4 Å². The summed E-state index contributed by atoms with van der Waals surface area (Å²) in [5, 5.41) is 13.9. The van der Waals surface area contributed by atoms with Crippen LogP contribution in [-0.2, 0) is 0 Å². The van der Waals surface area contributed by atoms with Gasteiger partial charge in [-0.25, -0.2) is 0 Å². The van der Waals surface area contributed by atoms with E-state index in [2.05, 4.69) is 20.6 Å². The highest BCUT2D eigenvalue weighted by Gasteiger charge is 2.12. The molecule has 0 spiro atoms. The van der Waals surface area contributed by atoms with E-state index in [1.807, 2.05) is 0 Å². The molecule has 0 fully saturated rings. The van der Waals surface area contributed by atoms with Crippen LogP contribution >= 0.6 is 12.2 Å². The number of nitrogens with one attached hydrogen (secondary N) is 2. The summed E-state index contributed by atoms with van der Waals surface area (Å²) in [5.41, 5.74) is 1.10. The zero-order chi connectivity index (χ0) is 15.4. The molecule has 0 aliphatic heterocycles. The molecule has 1 aromatic heterocycles. The first-order valence-corrected chi connectivity index (χ1v) is 6.57. The fourth-order valence-electron chi connectivity index (χ4n) is 1.67. The number of aromatic amines is 1. The summed E-state index contributed by atoms with van der Waals surface area (Å²) < 4.78 is 6.28. The highest BCUT2D eigenvalue weighted by atomic mass is 32.1. The second-order valence-corrected chi connectivity index (χ2v) is 4.57. The third-order valence-corrected chi connectivity index (χ3v) is 3.18. The summed E-state index contributed by atoms with van der Waals surface area (Å²) in [4.78, 5) is 12.1. The molecule has 0 bridgehead atoms. The van der Waals surface area contributed by atoms with E-state index in [1.54, 1.807) is 45.3 Å². The molecule has 2 rings (SSSR count). The van der Waals surface area contributed by atoms with Crippen molar-refractivity contribution in [1.82, 2.24) is 15.1 Å². The topological polar surface area (TPSA) is 83.8 Å². The molecule has 0 radical (unpaired) electrons. The van der Waals surface area contributed by atoms with Crippen molar-refractivity contribution in [3.63, 3.8) is 0 Å². The fraction of sp³-hybridized carbons (Fsp3) is 0.231. The number of hydrogen-bond donors (Lipinski definition) is 2. The highest BCUT2D eigenvalue weighted by Crippen LogP contribution is 2.20. The van der Waals surface area contributed by atoms with E-state index in [0.717, 1.165) is 5.75 Å². The van der Waals surface area contributed by atoms with E-state index in [9.17, 15) is 4.79 Å². The SMILES string of the molecule is CNC(=S)n1[nH]c(C)c(N=Nc2ccc(OC)cc2)c1=O. The van der Waals surface area contributed by atoms with Gasteiger partial charge in [0.05, 0.1) is 18.5 Å². The Kier molecular flexibility index (Phi) is 4.49. The number of aryl methyl sites for hydroxylation is 1. The van der Waals surface area contributed by atoms with Gasteiger partial charge in [-0.3, -0.25) is 9.89 Å². The molecule has 0 unspecified atom stereocenters. The van der Waals surface area contributed by atoms with Crippen LogP contribution in [0.25, 0.3) is 0 Å². The summed E-state index contributed by atoms with van der Waals surface area (Å²) in [5.74, 6) is 0.730. The monoisotopic (exact) mass is 305 g/mol. The molecule has 1 aromatic carbocycles. The van der Waals surface area contributed by atoms with Crippen molar-refractivity contribution >= 4 is 28.7 Å².